The van der Waals surface area contributed by atoms with E-state index in [1.807, 2.05) is 12.2 Å². The monoisotopic (exact) mass is 355 g/mol. The van der Waals surface area contributed by atoms with Gasteiger partial charge in [-0.3, -0.25) is 9.59 Å². The largest absolute Gasteiger partial charge is 0.455 e. The molecule has 1 amide bonds. The first kappa shape index (κ1) is 17.8. The molecule has 1 aliphatic rings. The van der Waals surface area contributed by atoms with Crippen LogP contribution in [0.1, 0.15) is 37.8 Å². The minimum atomic E-state index is -0.358. The molecule has 0 spiro atoms. The summed E-state index contributed by atoms with van der Waals surface area (Å²) in [4.78, 5) is 23.8. The molecule has 0 fully saturated rings. The van der Waals surface area contributed by atoms with E-state index in [2.05, 4.69) is 5.32 Å². The van der Waals surface area contributed by atoms with E-state index in [9.17, 15) is 9.59 Å². The topological polar surface area (TPSA) is 55.4 Å². The van der Waals surface area contributed by atoms with Gasteiger partial charge < -0.3 is 10.1 Å². The third-order valence-corrected chi connectivity index (χ3v) is 4.32. The van der Waals surface area contributed by atoms with Crippen molar-refractivity contribution in [3.8, 4) is 0 Å². The van der Waals surface area contributed by atoms with E-state index >= 15 is 0 Å². The zero-order valence-electron chi connectivity index (χ0n) is 12.9. The number of benzene rings is 1. The maximum atomic E-state index is 11.9. The SMILES string of the molecule is C[C@@H](NC(=O)COC(=O)[C@@H]1CC=CCC1)c1ccc(Cl)cc1Cl. The van der Waals surface area contributed by atoms with Gasteiger partial charge in [-0.1, -0.05) is 41.4 Å². The highest BCUT2D eigenvalue weighted by atomic mass is 35.5. The number of halogens is 2. The van der Waals surface area contributed by atoms with Gasteiger partial charge in [0.15, 0.2) is 6.61 Å². The van der Waals surface area contributed by atoms with Crippen molar-refractivity contribution in [3.05, 3.63) is 46.0 Å². The maximum absolute atomic E-state index is 11.9. The van der Waals surface area contributed by atoms with Crippen LogP contribution in [0.15, 0.2) is 30.4 Å². The molecule has 0 heterocycles. The Morgan fingerprint density at radius 1 is 1.35 bits per heavy atom. The fourth-order valence-electron chi connectivity index (χ4n) is 2.48. The van der Waals surface area contributed by atoms with Gasteiger partial charge in [-0.2, -0.15) is 0 Å². The Hall–Kier alpha value is -1.52. The van der Waals surface area contributed by atoms with Crippen molar-refractivity contribution in [1.29, 1.82) is 0 Å². The van der Waals surface area contributed by atoms with E-state index in [1.165, 1.54) is 0 Å². The molecule has 6 heteroatoms. The summed E-state index contributed by atoms with van der Waals surface area (Å²) in [5.41, 5.74) is 0.758. The summed E-state index contributed by atoms with van der Waals surface area (Å²) in [6.45, 7) is 1.52. The number of amides is 1. The number of ether oxygens (including phenoxy) is 1. The van der Waals surface area contributed by atoms with Gasteiger partial charge >= 0.3 is 5.97 Å². The number of carbonyl (C=O) groups is 2. The molecule has 23 heavy (non-hydrogen) atoms. The normalized spacial score (nSPS) is 18.3. The summed E-state index contributed by atoms with van der Waals surface area (Å²) in [6.07, 6.45) is 6.34. The van der Waals surface area contributed by atoms with E-state index in [4.69, 9.17) is 27.9 Å². The minimum absolute atomic E-state index is 0.143. The molecule has 1 N–H and O–H groups in total. The summed E-state index contributed by atoms with van der Waals surface area (Å²) in [5, 5.41) is 3.77. The standard InChI is InChI=1S/C17H19Cl2NO3/c1-11(14-8-7-13(18)9-15(14)19)20-16(21)10-23-17(22)12-5-3-2-4-6-12/h2-3,7-9,11-12H,4-6,10H2,1H3,(H,20,21)/t11-,12-/m1/s1. The van der Waals surface area contributed by atoms with Gasteiger partial charge in [0.05, 0.1) is 12.0 Å². The van der Waals surface area contributed by atoms with E-state index < -0.39 is 0 Å². The Bertz CT molecular complexity index is 616. The van der Waals surface area contributed by atoms with Crippen LogP contribution in [0.5, 0.6) is 0 Å². The smallest absolute Gasteiger partial charge is 0.309 e. The predicted molar refractivity (Wildman–Crippen MR) is 90.5 cm³/mol. The van der Waals surface area contributed by atoms with Gasteiger partial charge in [-0.05, 0) is 43.9 Å². The zero-order chi connectivity index (χ0) is 16.8. The number of allylic oxidation sites excluding steroid dienone is 2. The molecule has 4 nitrogen and oxygen atoms in total. The molecule has 0 bridgehead atoms. The van der Waals surface area contributed by atoms with Gasteiger partial charge in [0, 0.05) is 10.0 Å². The van der Waals surface area contributed by atoms with Crippen LogP contribution >= 0.6 is 23.2 Å². The van der Waals surface area contributed by atoms with Crippen LogP contribution in [0, 0.1) is 5.92 Å². The molecule has 1 aromatic carbocycles. The highest BCUT2D eigenvalue weighted by Crippen LogP contribution is 2.26. The van der Waals surface area contributed by atoms with Crippen LogP contribution in [0.4, 0.5) is 0 Å². The molecular weight excluding hydrogens is 337 g/mol. The number of esters is 1. The second kappa shape index (κ2) is 8.37. The Labute approximate surface area is 145 Å². The van der Waals surface area contributed by atoms with Crippen LogP contribution in [0.2, 0.25) is 10.0 Å². The molecule has 0 aromatic heterocycles. The molecule has 2 rings (SSSR count). The molecule has 124 valence electrons. The van der Waals surface area contributed by atoms with Gasteiger partial charge in [-0.15, -0.1) is 0 Å². The van der Waals surface area contributed by atoms with Gasteiger partial charge in [0.1, 0.15) is 0 Å². The van der Waals surface area contributed by atoms with Crippen LogP contribution in [0.3, 0.4) is 0 Å². The summed E-state index contributed by atoms with van der Waals surface area (Å²) in [6, 6.07) is 4.79. The fourth-order valence-corrected chi connectivity index (χ4v) is 3.05. The van der Waals surface area contributed by atoms with E-state index in [-0.39, 0.29) is 30.4 Å². The second-order valence-electron chi connectivity index (χ2n) is 5.54. The van der Waals surface area contributed by atoms with E-state index in [0.717, 1.165) is 18.4 Å². The molecule has 0 radical (unpaired) electrons. The Kier molecular flexibility index (Phi) is 6.48. The van der Waals surface area contributed by atoms with Crippen LogP contribution < -0.4 is 5.32 Å². The fraction of sp³-hybridized carbons (Fsp3) is 0.412. The summed E-state index contributed by atoms with van der Waals surface area (Å²) < 4.78 is 5.09. The van der Waals surface area contributed by atoms with Crippen LogP contribution in [-0.4, -0.2) is 18.5 Å². The lowest BCUT2D eigenvalue weighted by Crippen LogP contribution is -2.32. The van der Waals surface area contributed by atoms with Crippen LogP contribution in [0.25, 0.3) is 0 Å². The molecule has 1 aromatic rings. The molecule has 1 aliphatic carbocycles. The molecular formula is C17H19Cl2NO3. The number of carbonyl (C=O) groups excluding carboxylic acids is 2. The number of hydrogen-bond acceptors (Lipinski definition) is 3. The molecule has 0 unspecified atom stereocenters. The van der Waals surface area contributed by atoms with Gasteiger partial charge in [0.2, 0.25) is 0 Å². The highest BCUT2D eigenvalue weighted by Gasteiger charge is 2.21. The number of hydrogen-bond donors (Lipinski definition) is 1. The van der Waals surface area contributed by atoms with Crippen LogP contribution in [-0.2, 0) is 14.3 Å². The van der Waals surface area contributed by atoms with Crippen molar-refractivity contribution >= 4 is 35.1 Å². The van der Waals surface area contributed by atoms with E-state index in [1.54, 1.807) is 25.1 Å². The van der Waals surface area contributed by atoms with Gasteiger partial charge in [-0.25, -0.2) is 0 Å². The lowest BCUT2D eigenvalue weighted by Gasteiger charge is -2.18. The molecule has 0 aliphatic heterocycles. The third kappa shape index (κ3) is 5.26. The summed E-state index contributed by atoms with van der Waals surface area (Å²) in [5.74, 6) is -0.819. The summed E-state index contributed by atoms with van der Waals surface area (Å²) >= 11 is 12.0. The third-order valence-electron chi connectivity index (χ3n) is 3.75. The van der Waals surface area contributed by atoms with Crippen molar-refractivity contribution in [2.24, 2.45) is 5.92 Å². The van der Waals surface area contributed by atoms with Crippen molar-refractivity contribution in [2.75, 3.05) is 6.61 Å². The Balaban J connectivity index is 1.82. The molecule has 0 saturated heterocycles. The minimum Gasteiger partial charge on any atom is -0.455 e. The first-order valence-electron chi connectivity index (χ1n) is 7.53. The number of nitrogens with one attached hydrogen (secondary N) is 1. The average Bonchev–Trinajstić information content (AvgIpc) is 2.53. The van der Waals surface area contributed by atoms with Crippen molar-refractivity contribution in [2.45, 2.75) is 32.2 Å². The van der Waals surface area contributed by atoms with Crippen molar-refractivity contribution in [1.82, 2.24) is 5.32 Å². The Morgan fingerprint density at radius 2 is 2.13 bits per heavy atom. The number of rotatable bonds is 5. The zero-order valence-corrected chi connectivity index (χ0v) is 14.4. The first-order chi connectivity index (χ1) is 11.0. The Morgan fingerprint density at radius 3 is 2.78 bits per heavy atom. The van der Waals surface area contributed by atoms with Crippen molar-refractivity contribution < 1.29 is 14.3 Å². The quantitative estimate of drug-likeness (QED) is 0.639. The van der Waals surface area contributed by atoms with Crippen molar-refractivity contribution in [3.63, 3.8) is 0 Å². The maximum Gasteiger partial charge on any atom is 0.309 e. The molecule has 2 atom stereocenters. The first-order valence-corrected chi connectivity index (χ1v) is 8.29. The lowest BCUT2D eigenvalue weighted by molar-refractivity contribution is -0.153. The predicted octanol–water partition coefficient (Wildman–Crippen LogP) is 4.07. The molecule has 0 saturated carbocycles. The summed E-state index contributed by atoms with van der Waals surface area (Å²) in [7, 11) is 0. The van der Waals surface area contributed by atoms with E-state index in [0.29, 0.717) is 16.5 Å². The van der Waals surface area contributed by atoms with Gasteiger partial charge in [0.25, 0.3) is 5.91 Å². The second-order valence-corrected chi connectivity index (χ2v) is 6.39. The average molecular weight is 356 g/mol. The lowest BCUT2D eigenvalue weighted by atomic mass is 9.95. The highest BCUT2D eigenvalue weighted by molar-refractivity contribution is 6.35.